The molecule has 0 bridgehead atoms. The maximum absolute atomic E-state index is 11.8. The number of allylic oxidation sites excluding steroid dienone is 1. The third-order valence-electron chi connectivity index (χ3n) is 3.19. The zero-order valence-electron chi connectivity index (χ0n) is 13.5. The van der Waals surface area contributed by atoms with Crippen molar-refractivity contribution >= 4 is 13.9 Å². The minimum atomic E-state index is -4.62. The number of phosphoric acid groups is 1. The molecule has 0 saturated heterocycles. The molecule has 134 valence electrons. The minimum Gasteiger partial charge on any atom is -0.450 e. The second kappa shape index (κ2) is 11.0. The predicted octanol–water partition coefficient (Wildman–Crippen LogP) is 3.31. The lowest BCUT2D eigenvalue weighted by Crippen LogP contribution is -2.32. The van der Waals surface area contributed by atoms with Gasteiger partial charge in [0.15, 0.2) is 0 Å². The van der Waals surface area contributed by atoms with E-state index in [1.165, 1.54) is 0 Å². The van der Waals surface area contributed by atoms with Gasteiger partial charge in [0.25, 0.3) is 0 Å². The molecule has 1 aromatic rings. The highest BCUT2D eigenvalue weighted by molar-refractivity contribution is 7.46. The van der Waals surface area contributed by atoms with Crippen molar-refractivity contribution in [3.05, 3.63) is 48.6 Å². The maximum atomic E-state index is 11.8. The van der Waals surface area contributed by atoms with Crippen LogP contribution < -0.4 is 5.32 Å². The molecule has 0 aliphatic heterocycles. The van der Waals surface area contributed by atoms with Crippen molar-refractivity contribution < 1.29 is 28.4 Å². The Bertz CT molecular complexity index is 545. The summed E-state index contributed by atoms with van der Waals surface area (Å²) in [6, 6.07) is 8.05. The van der Waals surface area contributed by atoms with Crippen LogP contribution in [-0.2, 0) is 13.8 Å². The first kappa shape index (κ1) is 20.4. The summed E-state index contributed by atoms with van der Waals surface area (Å²) in [6.07, 6.45) is 4.80. The average molecular weight is 357 g/mol. The van der Waals surface area contributed by atoms with Crippen LogP contribution in [0.1, 0.15) is 37.3 Å². The molecule has 0 fully saturated rings. The number of carbonyl (C=O) groups is 1. The first-order valence-electron chi connectivity index (χ1n) is 7.71. The Hall–Kier alpha value is -1.66. The Kier molecular flexibility index (Phi) is 9.34. The summed E-state index contributed by atoms with van der Waals surface area (Å²) >= 11 is 0. The molecule has 0 radical (unpaired) electrons. The molecular weight excluding hydrogens is 333 g/mol. The van der Waals surface area contributed by atoms with Crippen LogP contribution in [-0.4, -0.2) is 29.1 Å². The molecule has 1 rings (SSSR count). The predicted molar refractivity (Wildman–Crippen MR) is 90.3 cm³/mol. The number of ether oxygens (including phenoxy) is 1. The summed E-state index contributed by atoms with van der Waals surface area (Å²) in [5.74, 6) is 0. The third-order valence-corrected chi connectivity index (χ3v) is 3.67. The molecule has 1 atom stereocenters. The molecule has 0 aliphatic carbocycles. The number of unbranched alkanes of at least 4 members (excludes halogenated alkanes) is 3. The number of phosphoric ester groups is 1. The van der Waals surface area contributed by atoms with Gasteiger partial charge in [-0.05, 0) is 31.2 Å². The van der Waals surface area contributed by atoms with Gasteiger partial charge in [0.1, 0.15) is 0 Å². The van der Waals surface area contributed by atoms with Crippen LogP contribution in [0.5, 0.6) is 0 Å². The van der Waals surface area contributed by atoms with Crippen molar-refractivity contribution in [3.8, 4) is 0 Å². The topological polar surface area (TPSA) is 105 Å². The molecule has 0 spiro atoms. The molecular formula is C16H24NO6P. The zero-order chi connectivity index (χ0) is 17.8. The Labute approximate surface area is 141 Å². The van der Waals surface area contributed by atoms with Gasteiger partial charge in [-0.2, -0.15) is 0 Å². The van der Waals surface area contributed by atoms with Gasteiger partial charge in [0, 0.05) is 0 Å². The number of amides is 1. The molecule has 0 aliphatic rings. The summed E-state index contributed by atoms with van der Waals surface area (Å²) in [4.78, 5) is 29.5. The lowest BCUT2D eigenvalue weighted by molar-refractivity contribution is 0.129. The fraction of sp³-hybridized carbons (Fsp3) is 0.438. The number of hydrogen-bond acceptors (Lipinski definition) is 4. The van der Waals surface area contributed by atoms with Crippen LogP contribution in [0.4, 0.5) is 4.79 Å². The van der Waals surface area contributed by atoms with Gasteiger partial charge in [0.05, 0.1) is 19.3 Å². The molecule has 24 heavy (non-hydrogen) atoms. The van der Waals surface area contributed by atoms with E-state index in [-0.39, 0.29) is 13.2 Å². The number of benzene rings is 1. The van der Waals surface area contributed by atoms with Crippen LogP contribution in [0.2, 0.25) is 0 Å². The molecule has 0 saturated carbocycles. The summed E-state index contributed by atoms with van der Waals surface area (Å²) < 4.78 is 20.5. The highest BCUT2D eigenvalue weighted by Crippen LogP contribution is 2.37. The van der Waals surface area contributed by atoms with Crippen LogP contribution in [0, 0.1) is 0 Å². The third kappa shape index (κ3) is 9.47. The Morgan fingerprint density at radius 1 is 1.25 bits per heavy atom. The van der Waals surface area contributed by atoms with Gasteiger partial charge >= 0.3 is 13.9 Å². The lowest BCUT2D eigenvalue weighted by Gasteiger charge is -2.19. The van der Waals surface area contributed by atoms with E-state index in [9.17, 15) is 9.36 Å². The normalized spacial score (nSPS) is 12.4. The SMILES string of the molecule is C=CCCCCCOC(=O)N[C@@H](COP(=O)(O)O)c1ccccc1. The number of alkyl carbamates (subject to hydrolysis) is 1. The maximum Gasteiger partial charge on any atom is 0.469 e. The second-order valence-electron chi connectivity index (χ2n) is 5.17. The molecule has 1 amide bonds. The van der Waals surface area contributed by atoms with Gasteiger partial charge in [-0.3, -0.25) is 4.52 Å². The van der Waals surface area contributed by atoms with Crippen LogP contribution in [0.25, 0.3) is 0 Å². The van der Waals surface area contributed by atoms with Gasteiger partial charge in [-0.25, -0.2) is 9.36 Å². The first-order valence-corrected chi connectivity index (χ1v) is 9.24. The van der Waals surface area contributed by atoms with Crippen LogP contribution in [0.3, 0.4) is 0 Å². The molecule has 1 aromatic carbocycles. The van der Waals surface area contributed by atoms with Gasteiger partial charge in [-0.15, -0.1) is 6.58 Å². The molecule has 0 heterocycles. The summed E-state index contributed by atoms with van der Waals surface area (Å²) in [5, 5.41) is 2.56. The van der Waals surface area contributed by atoms with Crippen molar-refractivity contribution in [1.29, 1.82) is 0 Å². The fourth-order valence-corrected chi connectivity index (χ4v) is 2.34. The van der Waals surface area contributed by atoms with Crippen molar-refractivity contribution in [3.63, 3.8) is 0 Å². The summed E-state index contributed by atoms with van der Waals surface area (Å²) in [6.45, 7) is 3.56. The Morgan fingerprint density at radius 2 is 1.96 bits per heavy atom. The highest BCUT2D eigenvalue weighted by Gasteiger charge is 2.21. The largest absolute Gasteiger partial charge is 0.469 e. The second-order valence-corrected chi connectivity index (χ2v) is 6.41. The first-order chi connectivity index (χ1) is 11.4. The van der Waals surface area contributed by atoms with Crippen molar-refractivity contribution in [2.75, 3.05) is 13.2 Å². The number of carbonyl (C=O) groups excluding carboxylic acids is 1. The van der Waals surface area contributed by atoms with E-state index in [2.05, 4.69) is 16.4 Å². The Balaban J connectivity index is 2.47. The van der Waals surface area contributed by atoms with E-state index in [0.717, 1.165) is 25.7 Å². The number of hydrogen-bond donors (Lipinski definition) is 3. The Morgan fingerprint density at radius 3 is 2.58 bits per heavy atom. The van der Waals surface area contributed by atoms with Gasteiger partial charge < -0.3 is 19.8 Å². The van der Waals surface area contributed by atoms with Crippen molar-refractivity contribution in [2.24, 2.45) is 0 Å². The van der Waals surface area contributed by atoms with E-state index in [4.69, 9.17) is 14.5 Å². The summed E-state index contributed by atoms with van der Waals surface area (Å²) in [7, 11) is -4.62. The number of nitrogens with one attached hydrogen (secondary N) is 1. The molecule has 0 aromatic heterocycles. The van der Waals surface area contributed by atoms with Gasteiger partial charge in [0.2, 0.25) is 0 Å². The van der Waals surface area contributed by atoms with E-state index >= 15 is 0 Å². The highest BCUT2D eigenvalue weighted by atomic mass is 31.2. The number of rotatable bonds is 11. The van der Waals surface area contributed by atoms with Crippen molar-refractivity contribution in [2.45, 2.75) is 31.7 Å². The smallest absolute Gasteiger partial charge is 0.450 e. The quantitative estimate of drug-likeness (QED) is 0.319. The summed E-state index contributed by atoms with van der Waals surface area (Å²) in [5.41, 5.74) is 0.661. The molecule has 0 unspecified atom stereocenters. The molecule has 8 heteroatoms. The van der Waals surface area contributed by atoms with Gasteiger partial charge in [-0.1, -0.05) is 36.4 Å². The fourth-order valence-electron chi connectivity index (χ4n) is 1.99. The van der Waals surface area contributed by atoms with Crippen LogP contribution >= 0.6 is 7.82 Å². The zero-order valence-corrected chi connectivity index (χ0v) is 14.4. The minimum absolute atomic E-state index is 0.282. The van der Waals surface area contributed by atoms with Crippen molar-refractivity contribution in [1.82, 2.24) is 5.32 Å². The van der Waals surface area contributed by atoms with E-state index in [1.807, 2.05) is 6.08 Å². The standard InChI is InChI=1S/C16H24NO6P/c1-2-3-4-5-9-12-22-16(18)17-15(13-23-24(19,20)21)14-10-7-6-8-11-14/h2,6-8,10-11,15H,1,3-5,9,12-13H2,(H,17,18)(H2,19,20,21)/t15-/m0/s1. The molecule has 3 N–H and O–H groups in total. The van der Waals surface area contributed by atoms with E-state index in [0.29, 0.717) is 5.56 Å². The lowest BCUT2D eigenvalue weighted by atomic mass is 10.1. The van der Waals surface area contributed by atoms with E-state index < -0.39 is 20.0 Å². The van der Waals surface area contributed by atoms with Crippen LogP contribution in [0.15, 0.2) is 43.0 Å². The van der Waals surface area contributed by atoms with E-state index in [1.54, 1.807) is 30.3 Å². The monoisotopic (exact) mass is 357 g/mol. The average Bonchev–Trinajstić information content (AvgIpc) is 2.54. The molecule has 7 nitrogen and oxygen atoms in total.